The summed E-state index contributed by atoms with van der Waals surface area (Å²) in [6.45, 7) is 8.20. The van der Waals surface area contributed by atoms with Crippen LogP contribution in [0.15, 0.2) is 30.3 Å². The molecule has 2 N–H and O–H groups in total. The first-order valence-electron chi connectivity index (χ1n) is 8.94. The lowest BCUT2D eigenvalue weighted by atomic mass is 9.79. The van der Waals surface area contributed by atoms with Gasteiger partial charge in [-0.25, -0.2) is 0 Å². The summed E-state index contributed by atoms with van der Waals surface area (Å²) in [6, 6.07) is 9.91. The molecule has 0 aliphatic heterocycles. The minimum atomic E-state index is -0.456. The predicted octanol–water partition coefficient (Wildman–Crippen LogP) is 3.51. The smallest absolute Gasteiger partial charge is 0.242 e. The quantitative estimate of drug-likeness (QED) is 0.668. The molecule has 5 heteroatoms. The van der Waals surface area contributed by atoms with Crippen LogP contribution in [0.2, 0.25) is 0 Å². The van der Waals surface area contributed by atoms with Crippen LogP contribution in [-0.4, -0.2) is 35.9 Å². The zero-order valence-electron chi connectivity index (χ0n) is 16.1. The van der Waals surface area contributed by atoms with Gasteiger partial charge in [-0.05, 0) is 42.8 Å². The zero-order chi connectivity index (χ0) is 18.9. The SMILES string of the molecule is CCC(=O)N[C@H](CCSC)C(=O)N[C@@H](C)CC(C)(C)c1ccccc1. The molecule has 0 aromatic heterocycles. The Hall–Kier alpha value is -1.49. The van der Waals surface area contributed by atoms with E-state index in [0.717, 1.165) is 12.2 Å². The molecule has 1 aromatic carbocycles. The van der Waals surface area contributed by atoms with Gasteiger partial charge in [0.1, 0.15) is 6.04 Å². The molecule has 0 unspecified atom stereocenters. The van der Waals surface area contributed by atoms with Crippen LogP contribution in [0, 0.1) is 0 Å². The summed E-state index contributed by atoms with van der Waals surface area (Å²) in [4.78, 5) is 24.3. The molecule has 25 heavy (non-hydrogen) atoms. The largest absolute Gasteiger partial charge is 0.352 e. The van der Waals surface area contributed by atoms with Gasteiger partial charge in [-0.3, -0.25) is 9.59 Å². The number of thioether (sulfide) groups is 1. The summed E-state index contributed by atoms with van der Waals surface area (Å²) in [7, 11) is 0. The Bertz CT molecular complexity index is 546. The molecule has 0 spiro atoms. The van der Waals surface area contributed by atoms with Gasteiger partial charge in [-0.15, -0.1) is 0 Å². The summed E-state index contributed by atoms with van der Waals surface area (Å²) in [5.74, 6) is 0.664. The molecule has 0 bridgehead atoms. The lowest BCUT2D eigenvalue weighted by Gasteiger charge is -2.30. The van der Waals surface area contributed by atoms with Crippen LogP contribution < -0.4 is 10.6 Å². The van der Waals surface area contributed by atoms with Crippen molar-refractivity contribution in [1.29, 1.82) is 0 Å². The average Bonchev–Trinajstić information content (AvgIpc) is 2.58. The molecule has 0 saturated heterocycles. The minimum Gasteiger partial charge on any atom is -0.352 e. The number of amides is 2. The third kappa shape index (κ3) is 7.51. The first-order chi connectivity index (χ1) is 11.8. The summed E-state index contributed by atoms with van der Waals surface area (Å²) in [6.07, 6.45) is 3.87. The molecule has 2 atom stereocenters. The van der Waals surface area contributed by atoms with Crippen molar-refractivity contribution < 1.29 is 9.59 Å². The number of carbonyl (C=O) groups excluding carboxylic acids is 2. The van der Waals surface area contributed by atoms with Crippen LogP contribution in [-0.2, 0) is 15.0 Å². The molecule has 0 aliphatic carbocycles. The van der Waals surface area contributed by atoms with Gasteiger partial charge >= 0.3 is 0 Å². The molecule has 0 radical (unpaired) electrons. The molecule has 0 aliphatic rings. The summed E-state index contributed by atoms with van der Waals surface area (Å²) in [5, 5.41) is 5.92. The highest BCUT2D eigenvalue weighted by atomic mass is 32.2. The number of hydrogen-bond acceptors (Lipinski definition) is 3. The predicted molar refractivity (Wildman–Crippen MR) is 107 cm³/mol. The number of nitrogens with one attached hydrogen (secondary N) is 2. The fraction of sp³-hybridized carbons (Fsp3) is 0.600. The molecule has 140 valence electrons. The van der Waals surface area contributed by atoms with E-state index in [9.17, 15) is 9.59 Å². The van der Waals surface area contributed by atoms with Gasteiger partial charge in [0.25, 0.3) is 0 Å². The van der Waals surface area contributed by atoms with E-state index in [1.807, 2.05) is 31.4 Å². The van der Waals surface area contributed by atoms with E-state index >= 15 is 0 Å². The second kappa shape index (κ2) is 10.5. The molecule has 0 saturated carbocycles. The van der Waals surface area contributed by atoms with Crippen LogP contribution >= 0.6 is 11.8 Å². The zero-order valence-corrected chi connectivity index (χ0v) is 16.9. The maximum Gasteiger partial charge on any atom is 0.242 e. The Labute approximate surface area is 156 Å². The maximum absolute atomic E-state index is 12.6. The Morgan fingerprint density at radius 2 is 1.80 bits per heavy atom. The van der Waals surface area contributed by atoms with Crippen LogP contribution in [0.5, 0.6) is 0 Å². The van der Waals surface area contributed by atoms with Crippen molar-refractivity contribution in [1.82, 2.24) is 10.6 Å². The van der Waals surface area contributed by atoms with E-state index < -0.39 is 6.04 Å². The highest BCUT2D eigenvalue weighted by Crippen LogP contribution is 2.28. The third-order valence-corrected chi connectivity index (χ3v) is 4.99. The fourth-order valence-corrected chi connectivity index (χ4v) is 3.44. The first-order valence-corrected chi connectivity index (χ1v) is 10.3. The van der Waals surface area contributed by atoms with Gasteiger partial charge in [-0.1, -0.05) is 51.1 Å². The van der Waals surface area contributed by atoms with Gasteiger partial charge in [0.15, 0.2) is 0 Å². The summed E-state index contributed by atoms with van der Waals surface area (Å²) >= 11 is 1.68. The number of rotatable bonds is 10. The van der Waals surface area contributed by atoms with Crippen molar-refractivity contribution in [3.63, 3.8) is 0 Å². The second-order valence-corrected chi connectivity index (χ2v) is 8.10. The topological polar surface area (TPSA) is 58.2 Å². The van der Waals surface area contributed by atoms with Crippen LogP contribution in [0.1, 0.15) is 52.5 Å². The molecular weight excluding hydrogens is 332 g/mol. The molecular formula is C20H32N2O2S. The van der Waals surface area contributed by atoms with Crippen molar-refractivity contribution in [2.24, 2.45) is 0 Å². The molecule has 0 heterocycles. The van der Waals surface area contributed by atoms with Crippen molar-refractivity contribution in [3.05, 3.63) is 35.9 Å². The fourth-order valence-electron chi connectivity index (χ4n) is 2.97. The van der Waals surface area contributed by atoms with E-state index in [2.05, 4.69) is 36.6 Å². The van der Waals surface area contributed by atoms with E-state index in [4.69, 9.17) is 0 Å². The lowest BCUT2D eigenvalue weighted by molar-refractivity contribution is -0.129. The van der Waals surface area contributed by atoms with Crippen molar-refractivity contribution >= 4 is 23.6 Å². The van der Waals surface area contributed by atoms with Crippen LogP contribution in [0.3, 0.4) is 0 Å². The average molecular weight is 365 g/mol. The maximum atomic E-state index is 12.6. The monoisotopic (exact) mass is 364 g/mol. The normalized spacial score (nSPS) is 13.8. The lowest BCUT2D eigenvalue weighted by Crippen LogP contribution is -2.50. The van der Waals surface area contributed by atoms with Crippen molar-refractivity contribution in [3.8, 4) is 0 Å². The highest BCUT2D eigenvalue weighted by molar-refractivity contribution is 7.98. The van der Waals surface area contributed by atoms with Crippen LogP contribution in [0.4, 0.5) is 0 Å². The Kier molecular flexibility index (Phi) is 9.04. The van der Waals surface area contributed by atoms with Gasteiger partial charge in [0, 0.05) is 12.5 Å². The van der Waals surface area contributed by atoms with Gasteiger partial charge in [-0.2, -0.15) is 11.8 Å². The van der Waals surface area contributed by atoms with Crippen molar-refractivity contribution in [2.75, 3.05) is 12.0 Å². The van der Waals surface area contributed by atoms with Crippen LogP contribution in [0.25, 0.3) is 0 Å². The first kappa shape index (κ1) is 21.6. The van der Waals surface area contributed by atoms with E-state index in [0.29, 0.717) is 12.8 Å². The summed E-state index contributed by atoms with van der Waals surface area (Å²) in [5.41, 5.74) is 1.23. The molecule has 1 rings (SSSR count). The highest BCUT2D eigenvalue weighted by Gasteiger charge is 2.26. The molecule has 4 nitrogen and oxygen atoms in total. The second-order valence-electron chi connectivity index (χ2n) is 7.12. The number of benzene rings is 1. The molecule has 2 amide bonds. The number of hydrogen-bond donors (Lipinski definition) is 2. The Morgan fingerprint density at radius 1 is 1.16 bits per heavy atom. The number of carbonyl (C=O) groups is 2. The van der Waals surface area contributed by atoms with Crippen molar-refractivity contribution in [2.45, 2.75) is 64.5 Å². The van der Waals surface area contributed by atoms with Gasteiger partial charge in [0.2, 0.25) is 11.8 Å². The molecule has 1 aromatic rings. The van der Waals surface area contributed by atoms with Gasteiger partial charge in [0.05, 0.1) is 0 Å². The van der Waals surface area contributed by atoms with Gasteiger partial charge < -0.3 is 10.6 Å². The van der Waals surface area contributed by atoms with E-state index in [-0.39, 0.29) is 23.3 Å². The standard InChI is InChI=1S/C20H32N2O2S/c1-6-18(23)22-17(12-13-25-5)19(24)21-15(2)14-20(3,4)16-10-8-7-9-11-16/h7-11,15,17H,6,12-14H2,1-5H3,(H,21,24)(H,22,23)/t15-,17+/m0/s1. The van der Waals surface area contributed by atoms with E-state index in [1.165, 1.54) is 5.56 Å². The molecule has 0 fully saturated rings. The minimum absolute atomic E-state index is 0.0259. The summed E-state index contributed by atoms with van der Waals surface area (Å²) < 4.78 is 0. The Balaban J connectivity index is 2.67. The third-order valence-electron chi connectivity index (χ3n) is 4.34. The van der Waals surface area contributed by atoms with E-state index in [1.54, 1.807) is 18.7 Å². The Morgan fingerprint density at radius 3 is 2.36 bits per heavy atom.